The van der Waals surface area contributed by atoms with E-state index in [4.69, 9.17) is 5.73 Å². The Hall–Kier alpha value is -1.62. The molecule has 1 heterocycles. The molecule has 2 atom stereocenters. The number of nitro benzene ring substituents is 1. The van der Waals surface area contributed by atoms with Crippen LogP contribution in [-0.2, 0) is 0 Å². The number of nitrogens with zero attached hydrogens (tertiary/aromatic N) is 2. The van der Waals surface area contributed by atoms with Crippen LogP contribution in [0.5, 0.6) is 0 Å². The van der Waals surface area contributed by atoms with Crippen LogP contribution >= 0.6 is 0 Å². The maximum Gasteiger partial charge on any atom is 0.271 e. The maximum absolute atomic E-state index is 10.9. The summed E-state index contributed by atoms with van der Waals surface area (Å²) >= 11 is 0. The molecule has 1 aliphatic heterocycles. The molecular weight excluding hydrogens is 230 g/mol. The summed E-state index contributed by atoms with van der Waals surface area (Å²) in [5.41, 5.74) is 7.95. The van der Waals surface area contributed by atoms with Crippen molar-refractivity contribution in [3.8, 4) is 0 Å². The zero-order valence-electron chi connectivity index (χ0n) is 10.8. The highest BCUT2D eigenvalue weighted by Crippen LogP contribution is 2.28. The van der Waals surface area contributed by atoms with Crippen LogP contribution in [0.2, 0.25) is 0 Å². The number of hydrogen-bond donors (Lipinski definition) is 1. The number of aryl methyl sites for hydroxylation is 1. The molecule has 0 spiro atoms. The van der Waals surface area contributed by atoms with Crippen molar-refractivity contribution in [2.75, 3.05) is 11.4 Å². The first-order chi connectivity index (χ1) is 8.47. The highest BCUT2D eigenvalue weighted by Gasteiger charge is 2.24. The van der Waals surface area contributed by atoms with Gasteiger partial charge >= 0.3 is 0 Å². The Balaban J connectivity index is 2.30. The topological polar surface area (TPSA) is 72.4 Å². The van der Waals surface area contributed by atoms with Gasteiger partial charge in [0.2, 0.25) is 0 Å². The standard InChI is InChI=1S/C13H19N3O2/c1-9-5-12(8-13(6-9)16(17)18)15-4-3-11(14)7-10(15)2/h5-6,8,10-11H,3-4,7,14H2,1-2H3. The third-order valence-corrected chi connectivity index (χ3v) is 3.51. The smallest absolute Gasteiger partial charge is 0.271 e. The molecule has 0 radical (unpaired) electrons. The van der Waals surface area contributed by atoms with Gasteiger partial charge < -0.3 is 10.6 Å². The highest BCUT2D eigenvalue weighted by molar-refractivity contribution is 5.56. The second-order valence-corrected chi connectivity index (χ2v) is 5.11. The fourth-order valence-electron chi connectivity index (χ4n) is 2.61. The van der Waals surface area contributed by atoms with E-state index in [0.717, 1.165) is 30.6 Å². The van der Waals surface area contributed by atoms with E-state index >= 15 is 0 Å². The zero-order valence-corrected chi connectivity index (χ0v) is 10.8. The fourth-order valence-corrected chi connectivity index (χ4v) is 2.61. The fraction of sp³-hybridized carbons (Fsp3) is 0.538. The van der Waals surface area contributed by atoms with E-state index < -0.39 is 0 Å². The molecular formula is C13H19N3O2. The van der Waals surface area contributed by atoms with Crippen LogP contribution < -0.4 is 10.6 Å². The van der Waals surface area contributed by atoms with Gasteiger partial charge in [0.15, 0.2) is 0 Å². The molecule has 2 rings (SSSR count). The molecule has 98 valence electrons. The molecule has 0 amide bonds. The molecule has 1 aliphatic rings. The largest absolute Gasteiger partial charge is 0.368 e. The van der Waals surface area contributed by atoms with Crippen LogP contribution in [0.3, 0.4) is 0 Å². The van der Waals surface area contributed by atoms with Crippen LogP contribution in [0.4, 0.5) is 11.4 Å². The quantitative estimate of drug-likeness (QED) is 0.644. The van der Waals surface area contributed by atoms with Gasteiger partial charge in [0.25, 0.3) is 5.69 Å². The van der Waals surface area contributed by atoms with Crippen molar-refractivity contribution in [1.82, 2.24) is 0 Å². The Morgan fingerprint density at radius 3 is 2.78 bits per heavy atom. The Kier molecular flexibility index (Phi) is 3.52. The predicted octanol–water partition coefficient (Wildman–Crippen LogP) is 2.22. The van der Waals surface area contributed by atoms with Gasteiger partial charge in [-0.05, 0) is 38.3 Å². The second kappa shape index (κ2) is 4.94. The Morgan fingerprint density at radius 2 is 2.17 bits per heavy atom. The summed E-state index contributed by atoms with van der Waals surface area (Å²) in [4.78, 5) is 12.8. The minimum atomic E-state index is -0.336. The van der Waals surface area contributed by atoms with Crippen molar-refractivity contribution in [3.05, 3.63) is 33.9 Å². The Morgan fingerprint density at radius 1 is 1.44 bits per heavy atom. The normalized spacial score (nSPS) is 24.1. The number of nitro groups is 1. The molecule has 2 unspecified atom stereocenters. The van der Waals surface area contributed by atoms with Crippen molar-refractivity contribution in [1.29, 1.82) is 0 Å². The first-order valence-corrected chi connectivity index (χ1v) is 6.25. The number of piperidine rings is 1. The first-order valence-electron chi connectivity index (χ1n) is 6.25. The number of hydrogen-bond acceptors (Lipinski definition) is 4. The van der Waals surface area contributed by atoms with E-state index in [2.05, 4.69) is 11.8 Å². The van der Waals surface area contributed by atoms with Crippen LogP contribution in [0.15, 0.2) is 18.2 Å². The van der Waals surface area contributed by atoms with Crippen LogP contribution in [0.25, 0.3) is 0 Å². The first kappa shape index (κ1) is 12.8. The lowest BCUT2D eigenvalue weighted by Gasteiger charge is -2.38. The van der Waals surface area contributed by atoms with Crippen molar-refractivity contribution >= 4 is 11.4 Å². The van der Waals surface area contributed by atoms with Crippen molar-refractivity contribution in [2.24, 2.45) is 5.73 Å². The van der Waals surface area contributed by atoms with Gasteiger partial charge in [0.05, 0.1) is 4.92 Å². The number of nitrogens with two attached hydrogens (primary N) is 1. The summed E-state index contributed by atoms with van der Waals surface area (Å²) in [6.07, 6.45) is 1.87. The minimum Gasteiger partial charge on any atom is -0.368 e. The number of benzene rings is 1. The van der Waals surface area contributed by atoms with Gasteiger partial charge in [-0.25, -0.2) is 0 Å². The molecule has 5 nitrogen and oxygen atoms in total. The maximum atomic E-state index is 10.9. The van der Waals surface area contributed by atoms with E-state index in [1.54, 1.807) is 12.1 Å². The lowest BCUT2D eigenvalue weighted by Crippen LogP contribution is -2.45. The third-order valence-electron chi connectivity index (χ3n) is 3.51. The summed E-state index contributed by atoms with van der Waals surface area (Å²) in [6.45, 7) is 4.87. The van der Waals surface area contributed by atoms with Gasteiger partial charge in [0, 0.05) is 36.4 Å². The molecule has 0 aromatic heterocycles. The molecule has 1 saturated heterocycles. The SMILES string of the molecule is Cc1cc(N2CCC(N)CC2C)cc([N+](=O)[O-])c1. The molecule has 0 saturated carbocycles. The lowest BCUT2D eigenvalue weighted by atomic mass is 9.98. The summed E-state index contributed by atoms with van der Waals surface area (Å²) < 4.78 is 0. The van der Waals surface area contributed by atoms with Gasteiger partial charge in [-0.1, -0.05) is 0 Å². The van der Waals surface area contributed by atoms with E-state index in [-0.39, 0.29) is 16.7 Å². The van der Waals surface area contributed by atoms with Crippen molar-refractivity contribution < 1.29 is 4.92 Å². The molecule has 0 aliphatic carbocycles. The number of rotatable bonds is 2. The van der Waals surface area contributed by atoms with Crippen LogP contribution in [-0.4, -0.2) is 23.6 Å². The molecule has 18 heavy (non-hydrogen) atoms. The molecule has 2 N–H and O–H groups in total. The number of anilines is 1. The van der Waals surface area contributed by atoms with Gasteiger partial charge in [-0.2, -0.15) is 0 Å². The van der Waals surface area contributed by atoms with Crippen molar-refractivity contribution in [2.45, 2.75) is 38.8 Å². The Labute approximate surface area is 107 Å². The summed E-state index contributed by atoms with van der Waals surface area (Å²) in [6, 6.07) is 5.83. The van der Waals surface area contributed by atoms with Gasteiger partial charge in [-0.3, -0.25) is 10.1 Å². The zero-order chi connectivity index (χ0) is 13.3. The van der Waals surface area contributed by atoms with E-state index in [9.17, 15) is 10.1 Å². The molecule has 1 aromatic carbocycles. The highest BCUT2D eigenvalue weighted by atomic mass is 16.6. The predicted molar refractivity (Wildman–Crippen MR) is 71.9 cm³/mol. The molecule has 0 bridgehead atoms. The minimum absolute atomic E-state index is 0.159. The number of non-ortho nitro benzene ring substituents is 1. The summed E-state index contributed by atoms with van der Waals surface area (Å²) in [5, 5.41) is 10.9. The van der Waals surface area contributed by atoms with E-state index in [1.165, 1.54) is 0 Å². The van der Waals surface area contributed by atoms with E-state index in [0.29, 0.717) is 6.04 Å². The van der Waals surface area contributed by atoms with Crippen LogP contribution in [0.1, 0.15) is 25.3 Å². The average molecular weight is 249 g/mol. The van der Waals surface area contributed by atoms with Gasteiger partial charge in [-0.15, -0.1) is 0 Å². The Bertz CT molecular complexity index is 462. The molecule has 1 aromatic rings. The second-order valence-electron chi connectivity index (χ2n) is 5.11. The third kappa shape index (κ3) is 2.61. The van der Waals surface area contributed by atoms with Crippen LogP contribution in [0, 0.1) is 17.0 Å². The average Bonchev–Trinajstić information content (AvgIpc) is 2.27. The molecule has 5 heteroatoms. The monoisotopic (exact) mass is 249 g/mol. The molecule has 1 fully saturated rings. The van der Waals surface area contributed by atoms with E-state index in [1.807, 2.05) is 13.0 Å². The van der Waals surface area contributed by atoms with Gasteiger partial charge in [0.1, 0.15) is 0 Å². The summed E-state index contributed by atoms with van der Waals surface area (Å²) in [5.74, 6) is 0. The summed E-state index contributed by atoms with van der Waals surface area (Å²) in [7, 11) is 0. The lowest BCUT2D eigenvalue weighted by molar-refractivity contribution is -0.384. The van der Waals surface area contributed by atoms with Crippen molar-refractivity contribution in [3.63, 3.8) is 0 Å².